The summed E-state index contributed by atoms with van der Waals surface area (Å²) in [6, 6.07) is 10.8. The van der Waals surface area contributed by atoms with Gasteiger partial charge in [0.2, 0.25) is 0 Å². The van der Waals surface area contributed by atoms with Crippen LogP contribution in [0.25, 0.3) is 11.8 Å². The van der Waals surface area contributed by atoms with Gasteiger partial charge < -0.3 is 5.11 Å². The molecule has 2 rings (SSSR count). The second-order valence-electron chi connectivity index (χ2n) is 3.62. The highest BCUT2D eigenvalue weighted by Gasteiger charge is 2.01. The number of aliphatic hydroxyl groups excluding tert-OH is 1. The number of halogens is 1. The molecule has 0 amide bonds. The lowest BCUT2D eigenvalue weighted by atomic mass is 10.1. The second kappa shape index (κ2) is 5.11. The number of hydrogen-bond acceptors (Lipinski definition) is 3. The number of nitriles is 1. The number of aliphatic hydroxyl groups is 1. The molecular weight excluding hydrogens is 231 g/mol. The molecule has 0 saturated carbocycles. The van der Waals surface area contributed by atoms with Crippen LogP contribution in [0.4, 0.5) is 4.39 Å². The highest BCUT2D eigenvalue weighted by molar-refractivity contribution is 5.75. The zero-order chi connectivity index (χ0) is 13.0. The van der Waals surface area contributed by atoms with E-state index in [1.54, 1.807) is 18.2 Å². The quantitative estimate of drug-likeness (QED) is 0.820. The van der Waals surface area contributed by atoms with E-state index in [0.717, 1.165) is 0 Å². The lowest BCUT2D eigenvalue weighted by molar-refractivity contribution is 0.514. The maximum absolute atomic E-state index is 13.0. The van der Waals surface area contributed by atoms with Gasteiger partial charge in [-0.3, -0.25) is 4.98 Å². The van der Waals surface area contributed by atoms with Gasteiger partial charge in [0.05, 0.1) is 11.3 Å². The van der Waals surface area contributed by atoms with Crippen LogP contribution in [0.15, 0.2) is 42.6 Å². The fourth-order valence-electron chi connectivity index (χ4n) is 1.43. The molecule has 1 aromatic carbocycles. The third kappa shape index (κ3) is 2.71. The molecule has 18 heavy (non-hydrogen) atoms. The van der Waals surface area contributed by atoms with Gasteiger partial charge in [-0.15, -0.1) is 0 Å². The molecule has 0 aliphatic rings. The van der Waals surface area contributed by atoms with Crippen LogP contribution in [0.3, 0.4) is 0 Å². The van der Waals surface area contributed by atoms with Crippen molar-refractivity contribution in [2.24, 2.45) is 0 Å². The first-order valence-corrected chi connectivity index (χ1v) is 5.22. The summed E-state index contributed by atoms with van der Waals surface area (Å²) in [6.07, 6.45) is 2.82. The van der Waals surface area contributed by atoms with Crippen LogP contribution in [0.2, 0.25) is 0 Å². The van der Waals surface area contributed by atoms with E-state index >= 15 is 0 Å². The number of aromatic nitrogens is 1. The Balaban J connectivity index is 2.30. The van der Waals surface area contributed by atoms with Crippen molar-refractivity contribution < 1.29 is 9.50 Å². The fourth-order valence-corrected chi connectivity index (χ4v) is 1.43. The minimum absolute atomic E-state index is 0.0771. The van der Waals surface area contributed by atoms with Gasteiger partial charge in [0.1, 0.15) is 17.6 Å². The Bertz CT molecular complexity index is 627. The average Bonchev–Trinajstić information content (AvgIpc) is 2.39. The zero-order valence-corrected chi connectivity index (χ0v) is 9.34. The summed E-state index contributed by atoms with van der Waals surface area (Å²) in [5.74, 6) is -0.494. The molecule has 0 bridgehead atoms. The predicted molar refractivity (Wildman–Crippen MR) is 65.9 cm³/mol. The van der Waals surface area contributed by atoms with Gasteiger partial charge in [-0.2, -0.15) is 5.26 Å². The molecule has 0 aliphatic heterocycles. The molecule has 0 atom stereocenters. The Kier molecular flexibility index (Phi) is 3.35. The van der Waals surface area contributed by atoms with Crippen molar-refractivity contribution in [2.75, 3.05) is 0 Å². The first kappa shape index (κ1) is 11.8. The van der Waals surface area contributed by atoms with E-state index in [1.165, 1.54) is 30.5 Å². The van der Waals surface area contributed by atoms with Gasteiger partial charge in [0, 0.05) is 17.8 Å². The predicted octanol–water partition coefficient (Wildman–Crippen LogP) is 3.15. The second-order valence-corrected chi connectivity index (χ2v) is 3.62. The highest BCUT2D eigenvalue weighted by atomic mass is 19.1. The lowest BCUT2D eigenvalue weighted by Crippen LogP contribution is -1.87. The summed E-state index contributed by atoms with van der Waals surface area (Å²) in [5, 5.41) is 18.4. The maximum atomic E-state index is 13.0. The molecule has 3 nitrogen and oxygen atoms in total. The van der Waals surface area contributed by atoms with E-state index in [4.69, 9.17) is 5.26 Å². The first-order chi connectivity index (χ1) is 8.69. The van der Waals surface area contributed by atoms with Crippen LogP contribution in [-0.2, 0) is 0 Å². The molecule has 1 N–H and O–H groups in total. The standard InChI is InChI=1S/C14H9FN2O/c15-12-3-1-2-11(6-12)14(18)7-13-5-4-10(8-16)9-17-13/h1-7,9,18H. The molecular formula is C14H9FN2O. The van der Waals surface area contributed by atoms with Crippen molar-refractivity contribution in [3.05, 3.63) is 65.2 Å². The Labute approximate surface area is 103 Å². The van der Waals surface area contributed by atoms with Crippen molar-refractivity contribution in [2.45, 2.75) is 0 Å². The topological polar surface area (TPSA) is 56.9 Å². The van der Waals surface area contributed by atoms with Crippen LogP contribution in [0, 0.1) is 17.1 Å². The van der Waals surface area contributed by atoms with Crippen LogP contribution < -0.4 is 0 Å². The van der Waals surface area contributed by atoms with Gasteiger partial charge in [0.15, 0.2) is 0 Å². The zero-order valence-electron chi connectivity index (χ0n) is 9.34. The van der Waals surface area contributed by atoms with Gasteiger partial charge in [-0.1, -0.05) is 12.1 Å². The van der Waals surface area contributed by atoms with Crippen LogP contribution in [0.1, 0.15) is 16.8 Å². The monoisotopic (exact) mass is 240 g/mol. The summed E-state index contributed by atoms with van der Waals surface area (Å²) in [5.41, 5.74) is 1.31. The van der Waals surface area contributed by atoms with Gasteiger partial charge in [-0.05, 0) is 24.3 Å². The molecule has 4 heteroatoms. The van der Waals surface area contributed by atoms with Gasteiger partial charge in [-0.25, -0.2) is 4.39 Å². The van der Waals surface area contributed by atoms with Crippen molar-refractivity contribution >= 4 is 11.8 Å². The Hall–Kier alpha value is -2.67. The van der Waals surface area contributed by atoms with E-state index in [-0.39, 0.29) is 5.76 Å². The minimum atomic E-state index is -0.416. The van der Waals surface area contributed by atoms with E-state index in [1.807, 2.05) is 6.07 Å². The summed E-state index contributed by atoms with van der Waals surface area (Å²) in [7, 11) is 0. The number of pyridine rings is 1. The average molecular weight is 240 g/mol. The molecule has 88 valence electrons. The van der Waals surface area contributed by atoms with Crippen molar-refractivity contribution in [1.82, 2.24) is 4.98 Å². The van der Waals surface area contributed by atoms with Gasteiger partial charge in [0.25, 0.3) is 0 Å². The van der Waals surface area contributed by atoms with Gasteiger partial charge >= 0.3 is 0 Å². The van der Waals surface area contributed by atoms with E-state index in [9.17, 15) is 9.50 Å². The molecule has 0 unspecified atom stereocenters. The van der Waals surface area contributed by atoms with E-state index in [0.29, 0.717) is 16.8 Å². The van der Waals surface area contributed by atoms with Crippen LogP contribution >= 0.6 is 0 Å². The largest absolute Gasteiger partial charge is 0.507 e. The number of nitrogens with zero attached hydrogens (tertiary/aromatic N) is 2. The molecule has 2 aromatic rings. The van der Waals surface area contributed by atoms with E-state index in [2.05, 4.69) is 4.98 Å². The molecule has 0 aliphatic carbocycles. The molecule has 0 spiro atoms. The Morgan fingerprint density at radius 2 is 2.17 bits per heavy atom. The minimum Gasteiger partial charge on any atom is -0.507 e. The first-order valence-electron chi connectivity index (χ1n) is 5.22. The van der Waals surface area contributed by atoms with Crippen LogP contribution in [0.5, 0.6) is 0 Å². The molecule has 1 aromatic heterocycles. The molecule has 1 heterocycles. The SMILES string of the molecule is N#Cc1ccc(C=C(O)c2cccc(F)c2)nc1. The Morgan fingerprint density at radius 1 is 1.33 bits per heavy atom. The smallest absolute Gasteiger partial charge is 0.125 e. The van der Waals surface area contributed by atoms with Crippen LogP contribution in [-0.4, -0.2) is 10.1 Å². The highest BCUT2D eigenvalue weighted by Crippen LogP contribution is 2.15. The number of hydrogen-bond donors (Lipinski definition) is 1. The molecule has 0 radical (unpaired) electrons. The summed E-state index contributed by atoms with van der Waals surface area (Å²) >= 11 is 0. The summed E-state index contributed by atoms with van der Waals surface area (Å²) in [4.78, 5) is 3.98. The number of rotatable bonds is 2. The Morgan fingerprint density at radius 3 is 2.78 bits per heavy atom. The summed E-state index contributed by atoms with van der Waals surface area (Å²) in [6.45, 7) is 0. The summed E-state index contributed by atoms with van der Waals surface area (Å²) < 4.78 is 13.0. The third-order valence-corrected chi connectivity index (χ3v) is 2.32. The normalized spacial score (nSPS) is 11.0. The third-order valence-electron chi connectivity index (χ3n) is 2.32. The molecule has 0 saturated heterocycles. The lowest BCUT2D eigenvalue weighted by Gasteiger charge is -2.00. The van der Waals surface area contributed by atoms with Crippen molar-refractivity contribution in [1.29, 1.82) is 5.26 Å². The van der Waals surface area contributed by atoms with Crippen molar-refractivity contribution in [3.63, 3.8) is 0 Å². The number of benzene rings is 1. The van der Waals surface area contributed by atoms with E-state index < -0.39 is 5.82 Å². The fraction of sp³-hybridized carbons (Fsp3) is 0. The molecule has 0 fully saturated rings. The maximum Gasteiger partial charge on any atom is 0.125 e. The van der Waals surface area contributed by atoms with Crippen molar-refractivity contribution in [3.8, 4) is 6.07 Å².